The van der Waals surface area contributed by atoms with Crippen molar-refractivity contribution in [2.45, 2.75) is 20.5 Å². The fourth-order valence-electron chi connectivity index (χ4n) is 1.58. The highest BCUT2D eigenvalue weighted by Crippen LogP contribution is 2.27. The fraction of sp³-hybridized carbons (Fsp3) is 0.214. The Morgan fingerprint density at radius 1 is 1.33 bits per heavy atom. The lowest BCUT2D eigenvalue weighted by Gasteiger charge is -2.10. The summed E-state index contributed by atoms with van der Waals surface area (Å²) in [6, 6.07) is 7.48. The quantitative estimate of drug-likeness (QED) is 0.919. The van der Waals surface area contributed by atoms with Crippen molar-refractivity contribution < 1.29 is 9.84 Å². The number of nitrogens with zero attached hydrogens (tertiary/aromatic N) is 1. The van der Waals surface area contributed by atoms with Crippen molar-refractivity contribution >= 4 is 11.6 Å². The van der Waals surface area contributed by atoms with Gasteiger partial charge in [-0.3, -0.25) is 0 Å². The summed E-state index contributed by atoms with van der Waals surface area (Å²) in [6.45, 7) is 3.88. The number of rotatable bonds is 3. The van der Waals surface area contributed by atoms with E-state index in [1.54, 1.807) is 6.07 Å². The summed E-state index contributed by atoms with van der Waals surface area (Å²) < 4.78 is 5.71. The first kappa shape index (κ1) is 12.9. The number of benzene rings is 1. The van der Waals surface area contributed by atoms with E-state index in [0.29, 0.717) is 16.5 Å². The van der Waals surface area contributed by atoms with Crippen molar-refractivity contribution in [1.29, 1.82) is 0 Å². The smallest absolute Gasteiger partial charge is 0.219 e. The largest absolute Gasteiger partial charge is 0.439 e. The Morgan fingerprint density at radius 3 is 2.83 bits per heavy atom. The first-order chi connectivity index (χ1) is 8.61. The molecule has 0 aliphatic rings. The molecule has 3 nitrogen and oxygen atoms in total. The van der Waals surface area contributed by atoms with Crippen LogP contribution in [0.5, 0.6) is 11.6 Å². The zero-order valence-corrected chi connectivity index (χ0v) is 11.0. The maximum Gasteiger partial charge on any atom is 0.219 e. The minimum Gasteiger partial charge on any atom is -0.439 e. The van der Waals surface area contributed by atoms with E-state index in [1.807, 2.05) is 32.0 Å². The molecule has 0 atom stereocenters. The minimum atomic E-state index is -0.134. The van der Waals surface area contributed by atoms with Gasteiger partial charge in [-0.05, 0) is 31.0 Å². The topological polar surface area (TPSA) is 42.4 Å². The maximum atomic E-state index is 9.14. The van der Waals surface area contributed by atoms with Gasteiger partial charge < -0.3 is 9.84 Å². The van der Waals surface area contributed by atoms with Gasteiger partial charge in [-0.1, -0.05) is 23.7 Å². The van der Waals surface area contributed by atoms with E-state index in [-0.39, 0.29) is 6.61 Å². The third-order valence-corrected chi connectivity index (χ3v) is 3.19. The Labute approximate surface area is 111 Å². The fourth-order valence-corrected chi connectivity index (χ4v) is 1.75. The molecule has 0 aliphatic carbocycles. The molecule has 1 heterocycles. The van der Waals surface area contributed by atoms with Crippen LogP contribution in [-0.4, -0.2) is 10.1 Å². The molecule has 0 radical (unpaired) electrons. The molecule has 0 aliphatic heterocycles. The third-order valence-electron chi connectivity index (χ3n) is 2.85. The monoisotopic (exact) mass is 263 g/mol. The standard InChI is InChI=1S/C14H14ClNO2/c1-9-4-3-5-13(10(9)2)18-14-6-11(8-17)12(15)7-16-14/h3-7,17H,8H2,1-2H3. The minimum absolute atomic E-state index is 0.134. The van der Waals surface area contributed by atoms with Crippen molar-refractivity contribution in [3.8, 4) is 11.6 Å². The van der Waals surface area contributed by atoms with Gasteiger partial charge >= 0.3 is 0 Å². The first-order valence-electron chi connectivity index (χ1n) is 5.61. The number of hydrogen-bond acceptors (Lipinski definition) is 3. The summed E-state index contributed by atoms with van der Waals surface area (Å²) >= 11 is 5.88. The van der Waals surface area contributed by atoms with Crippen LogP contribution in [0.25, 0.3) is 0 Å². The lowest BCUT2D eigenvalue weighted by Crippen LogP contribution is -1.94. The molecule has 0 unspecified atom stereocenters. The van der Waals surface area contributed by atoms with Gasteiger partial charge in [-0.15, -0.1) is 0 Å². The molecule has 18 heavy (non-hydrogen) atoms. The number of aromatic nitrogens is 1. The predicted octanol–water partition coefficient (Wildman–Crippen LogP) is 3.64. The molecular formula is C14H14ClNO2. The summed E-state index contributed by atoms with van der Waals surface area (Å²) in [6.07, 6.45) is 1.48. The molecule has 0 spiro atoms. The molecule has 2 aromatic rings. The third kappa shape index (κ3) is 2.63. The lowest BCUT2D eigenvalue weighted by molar-refractivity contribution is 0.281. The second-order valence-corrected chi connectivity index (χ2v) is 4.48. The molecule has 0 bridgehead atoms. The van der Waals surface area contributed by atoms with Crippen LogP contribution in [0.3, 0.4) is 0 Å². The lowest BCUT2D eigenvalue weighted by atomic mass is 10.1. The van der Waals surface area contributed by atoms with Crippen molar-refractivity contribution in [2.24, 2.45) is 0 Å². The van der Waals surface area contributed by atoms with Crippen LogP contribution < -0.4 is 4.74 Å². The number of hydrogen-bond donors (Lipinski definition) is 1. The normalized spacial score (nSPS) is 10.4. The number of ether oxygens (including phenoxy) is 1. The number of aryl methyl sites for hydroxylation is 1. The first-order valence-corrected chi connectivity index (χ1v) is 5.99. The average Bonchev–Trinajstić information content (AvgIpc) is 2.37. The van der Waals surface area contributed by atoms with Gasteiger partial charge in [0.1, 0.15) is 5.75 Å². The average molecular weight is 264 g/mol. The van der Waals surface area contributed by atoms with E-state index in [2.05, 4.69) is 4.98 Å². The highest BCUT2D eigenvalue weighted by atomic mass is 35.5. The molecule has 1 N–H and O–H groups in total. The van der Waals surface area contributed by atoms with E-state index in [4.69, 9.17) is 21.4 Å². The van der Waals surface area contributed by atoms with E-state index in [1.165, 1.54) is 6.20 Å². The van der Waals surface area contributed by atoms with Crippen molar-refractivity contribution in [3.05, 3.63) is 52.2 Å². The predicted molar refractivity (Wildman–Crippen MR) is 71.2 cm³/mol. The number of halogens is 1. The highest BCUT2D eigenvalue weighted by Gasteiger charge is 2.07. The van der Waals surface area contributed by atoms with E-state index < -0.39 is 0 Å². The number of pyridine rings is 1. The van der Waals surface area contributed by atoms with Crippen molar-refractivity contribution in [2.75, 3.05) is 0 Å². The second-order valence-electron chi connectivity index (χ2n) is 4.07. The van der Waals surface area contributed by atoms with Gasteiger partial charge in [-0.25, -0.2) is 4.98 Å². The zero-order chi connectivity index (χ0) is 13.1. The molecule has 1 aromatic heterocycles. The SMILES string of the molecule is Cc1cccc(Oc2cc(CO)c(Cl)cn2)c1C. The summed E-state index contributed by atoms with van der Waals surface area (Å²) in [5.41, 5.74) is 2.83. The van der Waals surface area contributed by atoms with E-state index >= 15 is 0 Å². The summed E-state index contributed by atoms with van der Waals surface area (Å²) in [4.78, 5) is 4.09. The Hall–Kier alpha value is -1.58. The number of aliphatic hydroxyl groups is 1. The Morgan fingerprint density at radius 2 is 2.11 bits per heavy atom. The summed E-state index contributed by atoms with van der Waals surface area (Å²) in [5, 5.41) is 9.58. The van der Waals surface area contributed by atoms with Crippen molar-refractivity contribution in [1.82, 2.24) is 4.98 Å². The zero-order valence-electron chi connectivity index (χ0n) is 10.3. The molecule has 0 saturated heterocycles. The van der Waals surface area contributed by atoms with Gasteiger partial charge in [0.05, 0.1) is 11.6 Å². The maximum absolute atomic E-state index is 9.14. The highest BCUT2D eigenvalue weighted by molar-refractivity contribution is 6.31. The van der Waals surface area contributed by atoms with Crippen LogP contribution >= 0.6 is 11.6 Å². The van der Waals surface area contributed by atoms with Crippen LogP contribution in [0.2, 0.25) is 5.02 Å². The van der Waals surface area contributed by atoms with Crippen LogP contribution in [0.15, 0.2) is 30.5 Å². The molecule has 0 amide bonds. The van der Waals surface area contributed by atoms with Gasteiger partial charge in [-0.2, -0.15) is 0 Å². The Balaban J connectivity index is 2.31. The van der Waals surface area contributed by atoms with E-state index in [0.717, 1.165) is 16.9 Å². The Bertz CT molecular complexity index is 570. The van der Waals surface area contributed by atoms with Gasteiger partial charge in [0.15, 0.2) is 0 Å². The van der Waals surface area contributed by atoms with Crippen LogP contribution in [-0.2, 0) is 6.61 Å². The Kier molecular flexibility index (Phi) is 3.84. The summed E-state index contributed by atoms with van der Waals surface area (Å²) in [7, 11) is 0. The van der Waals surface area contributed by atoms with Gasteiger partial charge in [0.25, 0.3) is 0 Å². The van der Waals surface area contributed by atoms with Gasteiger partial charge in [0.2, 0.25) is 5.88 Å². The van der Waals surface area contributed by atoms with Gasteiger partial charge in [0, 0.05) is 17.8 Å². The second kappa shape index (κ2) is 5.38. The molecule has 4 heteroatoms. The molecule has 2 rings (SSSR count). The molecule has 0 saturated carbocycles. The van der Waals surface area contributed by atoms with Crippen molar-refractivity contribution in [3.63, 3.8) is 0 Å². The summed E-state index contributed by atoms with van der Waals surface area (Å²) in [5.74, 6) is 1.19. The van der Waals surface area contributed by atoms with Crippen LogP contribution in [0, 0.1) is 13.8 Å². The van der Waals surface area contributed by atoms with E-state index in [9.17, 15) is 0 Å². The number of aliphatic hydroxyl groups excluding tert-OH is 1. The van der Waals surface area contributed by atoms with Crippen LogP contribution in [0.1, 0.15) is 16.7 Å². The van der Waals surface area contributed by atoms with Crippen LogP contribution in [0.4, 0.5) is 0 Å². The molecule has 94 valence electrons. The molecule has 0 fully saturated rings. The molecular weight excluding hydrogens is 250 g/mol. The molecule has 1 aromatic carbocycles.